The van der Waals surface area contributed by atoms with Crippen molar-refractivity contribution in [1.82, 2.24) is 10.0 Å². The third-order valence-corrected chi connectivity index (χ3v) is 5.25. The maximum atomic E-state index is 12.3. The second-order valence-corrected chi connectivity index (χ2v) is 7.16. The molecule has 1 aliphatic heterocycles. The number of benzene rings is 1. The first-order valence-corrected chi connectivity index (χ1v) is 8.20. The van der Waals surface area contributed by atoms with Gasteiger partial charge in [0.25, 0.3) is 0 Å². The molecule has 2 rings (SSSR count). The lowest BCUT2D eigenvalue weighted by atomic mass is 10.0. The van der Waals surface area contributed by atoms with E-state index in [4.69, 9.17) is 0 Å². The van der Waals surface area contributed by atoms with Crippen LogP contribution in [0.1, 0.15) is 30.9 Å². The van der Waals surface area contributed by atoms with Gasteiger partial charge in [-0.1, -0.05) is 6.07 Å². The van der Waals surface area contributed by atoms with Crippen LogP contribution in [0.5, 0.6) is 0 Å². The van der Waals surface area contributed by atoms with Crippen LogP contribution in [0.25, 0.3) is 0 Å². The maximum Gasteiger partial charge on any atom is 0.240 e. The second-order valence-electron chi connectivity index (χ2n) is 5.44. The van der Waals surface area contributed by atoms with Crippen molar-refractivity contribution in [2.75, 3.05) is 6.54 Å². The number of halogens is 1. The van der Waals surface area contributed by atoms with Crippen LogP contribution in [0.2, 0.25) is 0 Å². The van der Waals surface area contributed by atoms with Crippen LogP contribution >= 0.6 is 12.4 Å². The van der Waals surface area contributed by atoms with Gasteiger partial charge in [0.05, 0.1) is 4.90 Å². The third kappa shape index (κ3) is 4.19. The van der Waals surface area contributed by atoms with Crippen molar-refractivity contribution in [3.8, 4) is 0 Å². The molecule has 1 aliphatic rings. The van der Waals surface area contributed by atoms with Gasteiger partial charge in [-0.15, -0.1) is 12.4 Å². The first-order valence-electron chi connectivity index (χ1n) is 6.71. The lowest BCUT2D eigenvalue weighted by Gasteiger charge is -2.28. The van der Waals surface area contributed by atoms with E-state index in [1.165, 1.54) is 0 Å². The van der Waals surface area contributed by atoms with Gasteiger partial charge < -0.3 is 5.32 Å². The van der Waals surface area contributed by atoms with Crippen molar-refractivity contribution < 1.29 is 8.42 Å². The van der Waals surface area contributed by atoms with Gasteiger partial charge in [0.1, 0.15) is 0 Å². The summed E-state index contributed by atoms with van der Waals surface area (Å²) < 4.78 is 27.5. The molecule has 0 spiro atoms. The predicted octanol–water partition coefficient (Wildman–Crippen LogP) is 2.14. The molecule has 6 heteroatoms. The number of nitrogens with one attached hydrogen (secondary N) is 2. The van der Waals surface area contributed by atoms with Crippen molar-refractivity contribution in [1.29, 1.82) is 0 Å². The fraction of sp³-hybridized carbons (Fsp3) is 0.571. The molecule has 1 fully saturated rings. The molecule has 0 aliphatic carbocycles. The predicted molar refractivity (Wildman–Crippen MR) is 84.0 cm³/mol. The number of sulfonamides is 1. The minimum Gasteiger partial charge on any atom is -0.314 e. The molecule has 0 bridgehead atoms. The van der Waals surface area contributed by atoms with Gasteiger partial charge in [-0.3, -0.25) is 0 Å². The SMILES string of the molecule is Cc1ccc(S(=O)(=O)NC2CCNC(C)C2)cc1C.Cl. The molecule has 0 saturated carbocycles. The van der Waals surface area contributed by atoms with E-state index in [1.807, 2.05) is 19.9 Å². The highest BCUT2D eigenvalue weighted by atomic mass is 35.5. The molecule has 4 nitrogen and oxygen atoms in total. The van der Waals surface area contributed by atoms with E-state index >= 15 is 0 Å². The Balaban J connectivity index is 0.00000200. The maximum absolute atomic E-state index is 12.3. The summed E-state index contributed by atoms with van der Waals surface area (Å²) in [6.45, 7) is 6.85. The topological polar surface area (TPSA) is 58.2 Å². The average Bonchev–Trinajstić information content (AvgIpc) is 2.32. The highest BCUT2D eigenvalue weighted by Crippen LogP contribution is 2.17. The van der Waals surface area contributed by atoms with Crippen LogP contribution in [0.15, 0.2) is 23.1 Å². The summed E-state index contributed by atoms with van der Waals surface area (Å²) in [4.78, 5) is 0.363. The normalized spacial score (nSPS) is 23.1. The fourth-order valence-electron chi connectivity index (χ4n) is 2.41. The van der Waals surface area contributed by atoms with Gasteiger partial charge in [-0.2, -0.15) is 0 Å². The van der Waals surface area contributed by atoms with Crippen molar-refractivity contribution in [3.63, 3.8) is 0 Å². The van der Waals surface area contributed by atoms with Crippen molar-refractivity contribution in [2.45, 2.75) is 50.6 Å². The first-order chi connectivity index (χ1) is 8.88. The molecule has 2 atom stereocenters. The van der Waals surface area contributed by atoms with Gasteiger partial charge in [0.15, 0.2) is 0 Å². The standard InChI is InChI=1S/C14H22N2O2S.ClH/c1-10-4-5-14(8-11(10)2)19(17,18)16-13-6-7-15-12(3)9-13;/h4-5,8,12-13,15-16H,6-7,9H2,1-3H3;1H. The molecule has 20 heavy (non-hydrogen) atoms. The van der Waals surface area contributed by atoms with Crippen LogP contribution in [-0.2, 0) is 10.0 Å². The Morgan fingerprint density at radius 1 is 1.25 bits per heavy atom. The monoisotopic (exact) mass is 318 g/mol. The molecule has 1 aromatic carbocycles. The van der Waals surface area contributed by atoms with Gasteiger partial charge >= 0.3 is 0 Å². The molecule has 1 heterocycles. The van der Waals surface area contributed by atoms with Crippen molar-refractivity contribution >= 4 is 22.4 Å². The van der Waals surface area contributed by atoms with E-state index in [9.17, 15) is 8.42 Å². The Hall–Kier alpha value is -0.620. The van der Waals surface area contributed by atoms with Crippen LogP contribution in [0.3, 0.4) is 0 Å². The van der Waals surface area contributed by atoms with Crippen LogP contribution in [0.4, 0.5) is 0 Å². The fourth-order valence-corrected chi connectivity index (χ4v) is 3.78. The minimum absolute atomic E-state index is 0. The number of hydrogen-bond donors (Lipinski definition) is 2. The molecule has 1 saturated heterocycles. The summed E-state index contributed by atoms with van der Waals surface area (Å²) in [6, 6.07) is 5.66. The Morgan fingerprint density at radius 2 is 1.95 bits per heavy atom. The molecule has 0 amide bonds. The van der Waals surface area contributed by atoms with Crippen LogP contribution in [0, 0.1) is 13.8 Å². The minimum atomic E-state index is -3.40. The highest BCUT2D eigenvalue weighted by Gasteiger charge is 2.24. The van der Waals surface area contributed by atoms with Gasteiger partial charge in [-0.05, 0) is 63.4 Å². The zero-order valence-electron chi connectivity index (χ0n) is 12.1. The largest absolute Gasteiger partial charge is 0.314 e. The number of hydrogen-bond acceptors (Lipinski definition) is 3. The first kappa shape index (κ1) is 17.4. The molecule has 0 radical (unpaired) electrons. The highest BCUT2D eigenvalue weighted by molar-refractivity contribution is 7.89. The lowest BCUT2D eigenvalue weighted by Crippen LogP contribution is -2.46. The van der Waals surface area contributed by atoms with Crippen molar-refractivity contribution in [2.24, 2.45) is 0 Å². The number of piperidine rings is 1. The van der Waals surface area contributed by atoms with E-state index < -0.39 is 10.0 Å². The average molecular weight is 319 g/mol. The van der Waals surface area contributed by atoms with E-state index in [1.54, 1.807) is 12.1 Å². The summed E-state index contributed by atoms with van der Waals surface area (Å²) in [5.41, 5.74) is 2.11. The quantitative estimate of drug-likeness (QED) is 0.897. The number of rotatable bonds is 3. The number of aryl methyl sites for hydroxylation is 2. The van der Waals surface area contributed by atoms with Gasteiger partial charge in [-0.25, -0.2) is 13.1 Å². The summed E-state index contributed by atoms with van der Waals surface area (Å²) in [5, 5.41) is 3.32. The smallest absolute Gasteiger partial charge is 0.240 e. The van der Waals surface area contributed by atoms with Gasteiger partial charge in [0, 0.05) is 12.1 Å². The molecule has 1 aromatic rings. The molecule has 2 unspecified atom stereocenters. The van der Waals surface area contributed by atoms with Crippen LogP contribution < -0.4 is 10.0 Å². The summed E-state index contributed by atoms with van der Waals surface area (Å²) in [6.07, 6.45) is 1.68. The molecular weight excluding hydrogens is 296 g/mol. The van der Waals surface area contributed by atoms with E-state index in [2.05, 4.69) is 17.0 Å². The van der Waals surface area contributed by atoms with Gasteiger partial charge in [0.2, 0.25) is 10.0 Å². The lowest BCUT2D eigenvalue weighted by molar-refractivity contribution is 0.361. The van der Waals surface area contributed by atoms with E-state index in [0.717, 1.165) is 30.5 Å². The Kier molecular flexibility index (Phi) is 6.01. The van der Waals surface area contributed by atoms with Crippen molar-refractivity contribution in [3.05, 3.63) is 29.3 Å². The van der Waals surface area contributed by atoms with Crippen LogP contribution in [-0.4, -0.2) is 27.0 Å². The Bertz CT molecular complexity index is 560. The molecule has 0 aromatic heterocycles. The molecular formula is C14H23ClN2O2S. The Labute approximate surface area is 127 Å². The molecule has 114 valence electrons. The zero-order chi connectivity index (χ0) is 14.0. The summed E-state index contributed by atoms with van der Waals surface area (Å²) in [7, 11) is -3.40. The van der Waals surface area contributed by atoms with E-state index in [0.29, 0.717) is 10.9 Å². The van der Waals surface area contributed by atoms with E-state index in [-0.39, 0.29) is 18.4 Å². The summed E-state index contributed by atoms with van der Waals surface area (Å²) >= 11 is 0. The Morgan fingerprint density at radius 3 is 2.55 bits per heavy atom. The zero-order valence-corrected chi connectivity index (χ0v) is 13.8. The second kappa shape index (κ2) is 6.89. The third-order valence-electron chi connectivity index (χ3n) is 3.73. The summed E-state index contributed by atoms with van der Waals surface area (Å²) in [5.74, 6) is 0. The molecule has 2 N–H and O–H groups in total.